The number of amides is 2. The first kappa shape index (κ1) is 24.2. The Kier molecular flexibility index (Phi) is 7.53. The van der Waals surface area contributed by atoms with Crippen LogP contribution in [0.15, 0.2) is 18.2 Å². The minimum absolute atomic E-state index is 0.0932. The lowest BCUT2D eigenvalue weighted by atomic mass is 9.82. The topological polar surface area (TPSA) is 154 Å². The molecule has 1 aliphatic carbocycles. The molecule has 1 aromatic rings. The lowest BCUT2D eigenvalue weighted by Crippen LogP contribution is -2.56. The van der Waals surface area contributed by atoms with Crippen LogP contribution in [-0.4, -0.2) is 65.3 Å². The van der Waals surface area contributed by atoms with E-state index in [0.717, 1.165) is 16.8 Å². The molecule has 9 nitrogen and oxygen atoms in total. The number of nitrogen functional groups attached to an aromatic ring is 1. The highest BCUT2D eigenvalue weighted by molar-refractivity contribution is 5.98. The number of hydrogen-bond donors (Lipinski definition) is 5. The van der Waals surface area contributed by atoms with Gasteiger partial charge >= 0.3 is 0 Å². The molecule has 0 aromatic heterocycles. The molecular formula is C23H33N3O6. The zero-order valence-corrected chi connectivity index (χ0v) is 18.6. The van der Waals surface area contributed by atoms with Gasteiger partial charge in [-0.2, -0.15) is 0 Å². The number of anilines is 1. The summed E-state index contributed by atoms with van der Waals surface area (Å²) >= 11 is 0. The number of carbonyl (C=O) groups excluding carboxylic acids is 3. The highest BCUT2D eigenvalue weighted by atomic mass is 16.6. The molecular weight excluding hydrogens is 414 g/mol. The van der Waals surface area contributed by atoms with Crippen LogP contribution in [0.5, 0.6) is 0 Å². The van der Waals surface area contributed by atoms with Crippen molar-refractivity contribution in [3.63, 3.8) is 0 Å². The molecule has 32 heavy (non-hydrogen) atoms. The van der Waals surface area contributed by atoms with Gasteiger partial charge in [0.15, 0.2) is 11.4 Å². The van der Waals surface area contributed by atoms with Crippen molar-refractivity contribution in [2.24, 2.45) is 11.8 Å². The van der Waals surface area contributed by atoms with Crippen molar-refractivity contribution in [1.82, 2.24) is 10.6 Å². The van der Waals surface area contributed by atoms with Crippen LogP contribution in [0.4, 0.5) is 5.69 Å². The first-order valence-corrected chi connectivity index (χ1v) is 11.1. The summed E-state index contributed by atoms with van der Waals surface area (Å²) in [5.74, 6) is -1.61. The van der Waals surface area contributed by atoms with Crippen molar-refractivity contribution in [3.8, 4) is 0 Å². The molecule has 9 heteroatoms. The number of hydrogen-bond acceptors (Lipinski definition) is 7. The van der Waals surface area contributed by atoms with E-state index in [1.807, 2.05) is 32.0 Å². The van der Waals surface area contributed by atoms with Gasteiger partial charge in [0.25, 0.3) is 0 Å². The number of aliphatic hydroxyl groups is 2. The van der Waals surface area contributed by atoms with Crippen LogP contribution < -0.4 is 16.4 Å². The number of nitrogens with two attached hydrogens (primary N) is 1. The Bertz CT molecular complexity index is 867. The Balaban J connectivity index is 1.63. The second kappa shape index (κ2) is 9.97. The Hall–Kier alpha value is -2.49. The number of benzene rings is 1. The Morgan fingerprint density at radius 3 is 2.53 bits per heavy atom. The third-order valence-corrected chi connectivity index (χ3v) is 6.24. The molecule has 176 valence electrons. The van der Waals surface area contributed by atoms with Crippen LogP contribution in [0.1, 0.15) is 37.8 Å². The van der Waals surface area contributed by atoms with E-state index >= 15 is 0 Å². The van der Waals surface area contributed by atoms with E-state index < -0.39 is 42.6 Å². The average Bonchev–Trinajstić information content (AvgIpc) is 3.57. The number of rotatable bonds is 10. The standard InChI is InChI=1S/C23H33N3O6/c1-13(2)8-18(20(29)23(11-28)12-32-23)25-22(31)19(10-27)26-21(30)15-6-7-16-14(9-15)4-3-5-17(16)24/h3-5,13,15,18-19,27-28H,6-12,24H2,1-2H3,(H,25,31)(H,26,30)/t15?,18-,19-,23+/m0/s1. The number of epoxide rings is 1. The molecule has 1 heterocycles. The van der Waals surface area contributed by atoms with Gasteiger partial charge < -0.3 is 31.3 Å². The average molecular weight is 448 g/mol. The van der Waals surface area contributed by atoms with Crippen molar-refractivity contribution in [2.75, 3.05) is 25.6 Å². The highest BCUT2D eigenvalue weighted by Crippen LogP contribution is 2.31. The first-order chi connectivity index (χ1) is 15.2. The van der Waals surface area contributed by atoms with Crippen LogP contribution in [0, 0.1) is 11.8 Å². The molecule has 2 amide bonds. The van der Waals surface area contributed by atoms with E-state index in [0.29, 0.717) is 25.7 Å². The van der Waals surface area contributed by atoms with E-state index in [2.05, 4.69) is 10.6 Å². The van der Waals surface area contributed by atoms with Gasteiger partial charge in [0.2, 0.25) is 11.8 Å². The second-order valence-corrected chi connectivity index (χ2v) is 9.16. The van der Waals surface area contributed by atoms with Crippen molar-refractivity contribution in [1.29, 1.82) is 0 Å². The van der Waals surface area contributed by atoms with Gasteiger partial charge in [0, 0.05) is 11.6 Å². The van der Waals surface area contributed by atoms with Gasteiger partial charge in [-0.25, -0.2) is 0 Å². The summed E-state index contributed by atoms with van der Waals surface area (Å²) < 4.78 is 5.14. The molecule has 2 aliphatic rings. The monoisotopic (exact) mass is 447 g/mol. The van der Waals surface area contributed by atoms with E-state index in [1.165, 1.54) is 0 Å². The Morgan fingerprint density at radius 1 is 1.22 bits per heavy atom. The smallest absolute Gasteiger partial charge is 0.245 e. The SMILES string of the molecule is CC(C)C[C@H](NC(=O)[C@H](CO)NC(=O)C1CCc2c(N)cccc2C1)C(=O)[C@@]1(CO)CO1. The largest absolute Gasteiger partial charge is 0.398 e. The van der Waals surface area contributed by atoms with E-state index in [-0.39, 0.29) is 24.3 Å². The van der Waals surface area contributed by atoms with Gasteiger partial charge in [-0.05, 0) is 48.8 Å². The molecule has 0 bridgehead atoms. The van der Waals surface area contributed by atoms with Gasteiger partial charge in [0.05, 0.1) is 25.9 Å². The molecule has 1 fully saturated rings. The Morgan fingerprint density at radius 2 is 1.94 bits per heavy atom. The van der Waals surface area contributed by atoms with Crippen molar-refractivity contribution >= 4 is 23.3 Å². The summed E-state index contributed by atoms with van der Waals surface area (Å²) in [5, 5.41) is 24.5. The number of ketones is 1. The zero-order valence-electron chi connectivity index (χ0n) is 18.6. The van der Waals surface area contributed by atoms with Crippen LogP contribution >= 0.6 is 0 Å². The molecule has 6 N–H and O–H groups in total. The number of aliphatic hydroxyl groups excluding tert-OH is 2. The number of nitrogens with one attached hydrogen (secondary N) is 2. The molecule has 0 radical (unpaired) electrons. The minimum atomic E-state index is -1.26. The predicted molar refractivity (Wildman–Crippen MR) is 118 cm³/mol. The first-order valence-electron chi connectivity index (χ1n) is 11.1. The second-order valence-electron chi connectivity index (χ2n) is 9.16. The molecule has 0 spiro atoms. The van der Waals surface area contributed by atoms with E-state index in [9.17, 15) is 24.6 Å². The predicted octanol–water partition coefficient (Wildman–Crippen LogP) is -0.288. The summed E-state index contributed by atoms with van der Waals surface area (Å²) in [7, 11) is 0. The van der Waals surface area contributed by atoms with Crippen LogP contribution in [0.2, 0.25) is 0 Å². The summed E-state index contributed by atoms with van der Waals surface area (Å²) in [6, 6.07) is 3.58. The maximum Gasteiger partial charge on any atom is 0.245 e. The van der Waals surface area contributed by atoms with Crippen molar-refractivity contribution < 1.29 is 29.3 Å². The molecule has 1 aliphatic heterocycles. The molecule has 1 saturated heterocycles. The van der Waals surface area contributed by atoms with Gasteiger partial charge in [-0.15, -0.1) is 0 Å². The Labute approximate surface area is 187 Å². The van der Waals surface area contributed by atoms with Crippen LogP contribution in [0.3, 0.4) is 0 Å². The third kappa shape index (κ3) is 5.28. The normalized spacial score (nSPS) is 23.7. The fourth-order valence-corrected chi connectivity index (χ4v) is 4.24. The summed E-state index contributed by atoms with van der Waals surface area (Å²) in [5.41, 5.74) is 7.55. The van der Waals surface area contributed by atoms with Crippen molar-refractivity contribution in [2.45, 2.75) is 57.2 Å². The van der Waals surface area contributed by atoms with E-state index in [1.54, 1.807) is 0 Å². The third-order valence-electron chi connectivity index (χ3n) is 6.24. The highest BCUT2D eigenvalue weighted by Gasteiger charge is 2.54. The number of ether oxygens (including phenoxy) is 1. The summed E-state index contributed by atoms with van der Waals surface area (Å²) in [4.78, 5) is 38.4. The fraction of sp³-hybridized carbons (Fsp3) is 0.609. The summed E-state index contributed by atoms with van der Waals surface area (Å²) in [6.07, 6.45) is 2.13. The van der Waals surface area contributed by atoms with E-state index in [4.69, 9.17) is 10.5 Å². The number of fused-ring (bicyclic) bond motifs is 1. The summed E-state index contributed by atoms with van der Waals surface area (Å²) in [6.45, 7) is 2.87. The molecule has 0 saturated carbocycles. The van der Waals surface area contributed by atoms with Crippen LogP contribution in [-0.2, 0) is 32.0 Å². The van der Waals surface area contributed by atoms with Gasteiger partial charge in [-0.3, -0.25) is 14.4 Å². The van der Waals surface area contributed by atoms with Gasteiger partial charge in [0.1, 0.15) is 6.04 Å². The fourth-order valence-electron chi connectivity index (χ4n) is 4.24. The molecule has 1 unspecified atom stereocenters. The molecule has 4 atom stereocenters. The lowest BCUT2D eigenvalue weighted by Gasteiger charge is -2.28. The molecule has 3 rings (SSSR count). The zero-order chi connectivity index (χ0) is 23.5. The van der Waals surface area contributed by atoms with Crippen LogP contribution in [0.25, 0.3) is 0 Å². The quantitative estimate of drug-likeness (QED) is 0.244. The maximum atomic E-state index is 12.8. The molecule has 1 aromatic carbocycles. The number of Topliss-reactive ketones (excluding diaryl/α,β-unsaturated/α-hetero) is 1. The minimum Gasteiger partial charge on any atom is -0.398 e. The maximum absolute atomic E-state index is 12.8. The van der Waals surface area contributed by atoms with Gasteiger partial charge in [-0.1, -0.05) is 26.0 Å². The lowest BCUT2D eigenvalue weighted by molar-refractivity contribution is -0.135. The number of carbonyl (C=O) groups is 3. The van der Waals surface area contributed by atoms with Crippen molar-refractivity contribution in [3.05, 3.63) is 29.3 Å².